The van der Waals surface area contributed by atoms with Gasteiger partial charge in [-0.2, -0.15) is 4.52 Å². The second-order valence-corrected chi connectivity index (χ2v) is 4.23. The van der Waals surface area contributed by atoms with Crippen molar-refractivity contribution in [2.24, 2.45) is 0 Å². The highest BCUT2D eigenvalue weighted by atomic mass is 16.6. The molecule has 0 unspecified atom stereocenters. The van der Waals surface area contributed by atoms with Crippen molar-refractivity contribution in [3.05, 3.63) is 29.8 Å². The molecule has 98 valence electrons. The van der Waals surface area contributed by atoms with Crippen molar-refractivity contribution in [1.29, 1.82) is 0 Å². The zero-order valence-corrected chi connectivity index (χ0v) is 10.3. The Hall–Kier alpha value is -3.10. The maximum absolute atomic E-state index is 4.66. The molecule has 1 N–H and O–H groups in total. The zero-order chi connectivity index (χ0) is 13.5. The molecule has 9 nitrogen and oxygen atoms in total. The van der Waals surface area contributed by atoms with E-state index in [-0.39, 0.29) is 0 Å². The summed E-state index contributed by atoms with van der Waals surface area (Å²) in [7, 11) is 0. The van der Waals surface area contributed by atoms with E-state index in [1.165, 1.54) is 4.52 Å². The number of hydrogen-bond acceptors (Lipinski definition) is 8. The standard InChI is InChI=1S/C11H8N8O/c1-6-4-2-3-5-7(6)12-8-10-14-17-18-19(10)11-9(13-8)15-20-16-11/h2-5H,1H3,(H,12,13,15). The average Bonchev–Trinajstić information content (AvgIpc) is 3.08. The van der Waals surface area contributed by atoms with Crippen LogP contribution in [0, 0.1) is 6.92 Å². The monoisotopic (exact) mass is 268 g/mol. The minimum atomic E-state index is 0.334. The molecule has 20 heavy (non-hydrogen) atoms. The summed E-state index contributed by atoms with van der Waals surface area (Å²) < 4.78 is 6.09. The molecule has 9 heteroatoms. The van der Waals surface area contributed by atoms with Gasteiger partial charge in [-0.15, -0.1) is 5.10 Å². The van der Waals surface area contributed by atoms with Gasteiger partial charge in [0, 0.05) is 5.69 Å². The van der Waals surface area contributed by atoms with Crippen molar-refractivity contribution in [1.82, 2.24) is 35.3 Å². The summed E-state index contributed by atoms with van der Waals surface area (Å²) >= 11 is 0. The van der Waals surface area contributed by atoms with Crippen molar-refractivity contribution in [2.75, 3.05) is 5.32 Å². The Balaban J connectivity index is 1.93. The van der Waals surface area contributed by atoms with E-state index in [0.29, 0.717) is 22.8 Å². The van der Waals surface area contributed by atoms with Gasteiger partial charge in [0.1, 0.15) is 0 Å². The first-order valence-electron chi connectivity index (χ1n) is 5.86. The molecule has 0 radical (unpaired) electrons. The van der Waals surface area contributed by atoms with Crippen LogP contribution < -0.4 is 5.32 Å². The van der Waals surface area contributed by atoms with Crippen LogP contribution in [-0.2, 0) is 0 Å². The van der Waals surface area contributed by atoms with E-state index in [0.717, 1.165) is 11.3 Å². The van der Waals surface area contributed by atoms with Gasteiger partial charge in [0.2, 0.25) is 16.9 Å². The smallest absolute Gasteiger partial charge is 0.248 e. The highest BCUT2D eigenvalue weighted by molar-refractivity contribution is 5.78. The number of aryl methyl sites for hydroxylation is 1. The molecular formula is C11H8N8O. The number of benzene rings is 1. The lowest BCUT2D eigenvalue weighted by molar-refractivity contribution is 0.313. The minimum absolute atomic E-state index is 0.334. The molecule has 0 saturated heterocycles. The Morgan fingerprint density at radius 2 is 2.05 bits per heavy atom. The normalized spacial score (nSPS) is 11.2. The van der Waals surface area contributed by atoms with Gasteiger partial charge in [-0.3, -0.25) is 0 Å². The highest BCUT2D eigenvalue weighted by Crippen LogP contribution is 2.22. The molecule has 0 saturated carbocycles. The summed E-state index contributed by atoms with van der Waals surface area (Å²) in [5.41, 5.74) is 3.16. The van der Waals surface area contributed by atoms with Crippen LogP contribution in [0.5, 0.6) is 0 Å². The quantitative estimate of drug-likeness (QED) is 0.576. The lowest BCUT2D eigenvalue weighted by Crippen LogP contribution is -2.01. The van der Waals surface area contributed by atoms with E-state index >= 15 is 0 Å². The lowest BCUT2D eigenvalue weighted by Gasteiger charge is -2.08. The summed E-state index contributed by atoms with van der Waals surface area (Å²) in [6, 6.07) is 7.85. The largest absolute Gasteiger partial charge is 0.337 e. The second kappa shape index (κ2) is 3.95. The Morgan fingerprint density at radius 3 is 2.95 bits per heavy atom. The molecule has 3 heterocycles. The van der Waals surface area contributed by atoms with Crippen LogP contribution in [0.1, 0.15) is 5.56 Å². The number of hydrogen-bond donors (Lipinski definition) is 1. The molecule has 0 spiro atoms. The first-order valence-corrected chi connectivity index (χ1v) is 5.86. The van der Waals surface area contributed by atoms with Crippen molar-refractivity contribution < 1.29 is 4.63 Å². The van der Waals surface area contributed by atoms with Crippen LogP contribution >= 0.6 is 0 Å². The molecule has 3 aromatic heterocycles. The number of para-hydroxylation sites is 1. The van der Waals surface area contributed by atoms with E-state index in [4.69, 9.17) is 0 Å². The van der Waals surface area contributed by atoms with Gasteiger partial charge in [0.25, 0.3) is 0 Å². The van der Waals surface area contributed by atoms with E-state index in [1.54, 1.807) is 0 Å². The maximum atomic E-state index is 4.66. The molecule has 0 amide bonds. The fourth-order valence-corrected chi connectivity index (χ4v) is 1.94. The van der Waals surface area contributed by atoms with Crippen LogP contribution in [-0.4, -0.2) is 35.3 Å². The van der Waals surface area contributed by atoms with Gasteiger partial charge in [0.05, 0.1) is 0 Å². The van der Waals surface area contributed by atoms with Crippen molar-refractivity contribution in [3.63, 3.8) is 0 Å². The second-order valence-electron chi connectivity index (χ2n) is 4.23. The lowest BCUT2D eigenvalue weighted by atomic mass is 10.2. The molecule has 0 aliphatic rings. The molecule has 4 aromatic rings. The SMILES string of the molecule is Cc1ccccc1Nc1nc2nonc2n2nnnc12. The number of rotatable bonds is 2. The highest BCUT2D eigenvalue weighted by Gasteiger charge is 2.15. The van der Waals surface area contributed by atoms with Crippen LogP contribution in [0.25, 0.3) is 16.9 Å². The Kier molecular flexibility index (Phi) is 2.13. The molecule has 0 aliphatic heterocycles. The van der Waals surface area contributed by atoms with E-state index < -0.39 is 0 Å². The molecule has 4 rings (SSSR count). The van der Waals surface area contributed by atoms with Crippen LogP contribution in [0.15, 0.2) is 28.9 Å². The molecule has 0 bridgehead atoms. The molecule has 0 atom stereocenters. The van der Waals surface area contributed by atoms with E-state index in [2.05, 4.69) is 40.8 Å². The Bertz CT molecular complexity index is 911. The zero-order valence-electron chi connectivity index (χ0n) is 10.3. The number of nitrogens with one attached hydrogen (secondary N) is 1. The Morgan fingerprint density at radius 1 is 1.15 bits per heavy atom. The van der Waals surface area contributed by atoms with Gasteiger partial charge in [0.15, 0.2) is 5.82 Å². The topological polar surface area (TPSA) is 107 Å². The van der Waals surface area contributed by atoms with Crippen molar-refractivity contribution >= 4 is 28.4 Å². The third-order valence-corrected chi connectivity index (χ3v) is 2.95. The van der Waals surface area contributed by atoms with Crippen molar-refractivity contribution in [3.8, 4) is 0 Å². The Labute approximate surface area is 111 Å². The van der Waals surface area contributed by atoms with Gasteiger partial charge >= 0.3 is 0 Å². The van der Waals surface area contributed by atoms with Crippen molar-refractivity contribution in [2.45, 2.75) is 6.92 Å². The fraction of sp³-hybridized carbons (Fsp3) is 0.0909. The fourth-order valence-electron chi connectivity index (χ4n) is 1.94. The molecule has 1 aromatic carbocycles. The number of fused-ring (bicyclic) bond motifs is 3. The third-order valence-electron chi connectivity index (χ3n) is 2.95. The van der Waals surface area contributed by atoms with Gasteiger partial charge < -0.3 is 5.32 Å². The third kappa shape index (κ3) is 1.49. The molecule has 0 fully saturated rings. The first kappa shape index (κ1) is 10.8. The van der Waals surface area contributed by atoms with Crippen LogP contribution in [0.2, 0.25) is 0 Å². The van der Waals surface area contributed by atoms with E-state index in [9.17, 15) is 0 Å². The number of tetrazole rings is 1. The summed E-state index contributed by atoms with van der Waals surface area (Å²) in [5.74, 6) is 0.493. The maximum Gasteiger partial charge on any atom is 0.248 e. The number of aromatic nitrogens is 7. The molecule has 0 aliphatic carbocycles. The molecular weight excluding hydrogens is 260 g/mol. The van der Waals surface area contributed by atoms with Gasteiger partial charge in [-0.1, -0.05) is 18.2 Å². The minimum Gasteiger partial charge on any atom is -0.337 e. The van der Waals surface area contributed by atoms with Gasteiger partial charge in [-0.25, -0.2) is 9.61 Å². The summed E-state index contributed by atoms with van der Waals surface area (Å²) in [6.45, 7) is 2.00. The predicted molar refractivity (Wildman–Crippen MR) is 68.4 cm³/mol. The van der Waals surface area contributed by atoms with Crippen LogP contribution in [0.3, 0.4) is 0 Å². The van der Waals surface area contributed by atoms with E-state index in [1.807, 2.05) is 31.2 Å². The summed E-state index contributed by atoms with van der Waals surface area (Å²) in [4.78, 5) is 4.33. The first-order chi connectivity index (χ1) is 9.83. The summed E-state index contributed by atoms with van der Waals surface area (Å²) in [6.07, 6.45) is 0. The summed E-state index contributed by atoms with van der Waals surface area (Å²) in [5, 5.41) is 22.1. The van der Waals surface area contributed by atoms with Gasteiger partial charge in [-0.05, 0) is 39.3 Å². The number of nitrogens with zero attached hydrogens (tertiary/aromatic N) is 7. The predicted octanol–water partition coefficient (Wildman–Crippen LogP) is 1.11. The van der Waals surface area contributed by atoms with Crippen LogP contribution in [0.4, 0.5) is 11.5 Å². The average molecular weight is 268 g/mol. The number of anilines is 2.